The fourth-order valence-corrected chi connectivity index (χ4v) is 10.6. The number of ether oxygens (including phenoxy) is 4. The second-order valence-corrected chi connectivity index (χ2v) is 27.0. The highest BCUT2D eigenvalue weighted by molar-refractivity contribution is 7.47. The Kier molecular flexibility index (Phi) is 67.8. The number of aliphatic hydroxyl groups excluding tert-OH is 1. The molecule has 0 saturated heterocycles. The molecule has 0 aromatic heterocycles. The second kappa shape index (κ2) is 71.8. The Labute approximate surface area is 603 Å². The van der Waals surface area contributed by atoms with Crippen molar-refractivity contribution in [2.24, 2.45) is 0 Å². The number of unbranched alkanes of at least 4 members (excludes halogenated alkanes) is 14. The van der Waals surface area contributed by atoms with E-state index in [-0.39, 0.29) is 25.7 Å². The van der Waals surface area contributed by atoms with E-state index in [2.05, 4.69) is 174 Å². The number of hydrogen-bond donors (Lipinski definition) is 3. The first kappa shape index (κ1) is 94.4. The van der Waals surface area contributed by atoms with Gasteiger partial charge in [-0.3, -0.25) is 37.3 Å². The molecule has 566 valence electrons. The highest BCUT2D eigenvalue weighted by Gasteiger charge is 2.30. The summed E-state index contributed by atoms with van der Waals surface area (Å²) in [7, 11) is -10.0. The van der Waals surface area contributed by atoms with Gasteiger partial charge in [0.1, 0.15) is 19.3 Å². The van der Waals surface area contributed by atoms with E-state index in [1.807, 2.05) is 24.3 Å². The van der Waals surface area contributed by atoms with Crippen molar-refractivity contribution in [2.75, 3.05) is 39.6 Å². The van der Waals surface area contributed by atoms with Gasteiger partial charge in [0.25, 0.3) is 0 Å². The summed E-state index contributed by atoms with van der Waals surface area (Å²) in [6.07, 6.45) is 83.7. The van der Waals surface area contributed by atoms with Crippen LogP contribution < -0.4 is 0 Å². The van der Waals surface area contributed by atoms with Gasteiger partial charge in [-0.15, -0.1) is 0 Å². The fourth-order valence-electron chi connectivity index (χ4n) is 9.01. The van der Waals surface area contributed by atoms with Crippen molar-refractivity contribution in [1.29, 1.82) is 0 Å². The summed E-state index contributed by atoms with van der Waals surface area (Å²) < 4.78 is 68.3. The number of carbonyl (C=O) groups excluding carboxylic acids is 4. The van der Waals surface area contributed by atoms with Gasteiger partial charge in [0.05, 0.1) is 26.4 Å². The van der Waals surface area contributed by atoms with Gasteiger partial charge in [0.2, 0.25) is 0 Å². The number of aliphatic hydroxyl groups is 1. The lowest BCUT2D eigenvalue weighted by Gasteiger charge is -2.21. The van der Waals surface area contributed by atoms with Crippen LogP contribution in [-0.4, -0.2) is 96.7 Å². The van der Waals surface area contributed by atoms with E-state index >= 15 is 0 Å². The predicted octanol–water partition coefficient (Wildman–Crippen LogP) is 21.4. The van der Waals surface area contributed by atoms with E-state index < -0.39 is 97.5 Å². The standard InChI is InChI=1S/C81H130O17P2/c1-5-9-13-17-21-25-29-33-35-37-39-43-45-49-53-57-61-65-78(83)91-71-76(97-80(85)67-63-59-55-51-47-41-31-27-23-19-15-11-7-3)73-95-99(87,88)93-69-75(82)70-94-100(89,90)96-74-77(98-81(86)68-64-60-56-52-48-42-32-28-24-20-16-12-8-4)72-92-79(84)66-62-58-54-50-46-44-40-38-36-34-30-26-22-18-14-10-6-2/h9-10,13-16,19-22,25-28,31-36,39-40,43-44,49-50,53-54,75-77,82H,5-8,11-12,17-18,23-24,29-30,37-38,41-42,45-48,51-52,55-74H2,1-4H3,(H,87,88)(H,89,90)/b13-9-,14-10-,19-15-,20-16-,25-21-,26-22-,31-27-,32-28-,35-33-,36-34-,43-39-,44-40-,53-49-,54-50-. The molecule has 0 fully saturated rings. The van der Waals surface area contributed by atoms with Crippen LogP contribution in [-0.2, 0) is 65.4 Å². The average Bonchev–Trinajstić information content (AvgIpc) is 0.943. The number of hydrogen-bond acceptors (Lipinski definition) is 15. The minimum atomic E-state index is -5.00. The smallest absolute Gasteiger partial charge is 0.462 e. The topological polar surface area (TPSA) is 237 Å². The zero-order valence-corrected chi connectivity index (χ0v) is 63.3. The number of phosphoric acid groups is 2. The van der Waals surface area contributed by atoms with Crippen molar-refractivity contribution >= 4 is 39.5 Å². The predicted molar refractivity (Wildman–Crippen MR) is 408 cm³/mol. The molecule has 0 spiro atoms. The first-order valence-corrected chi connectivity index (χ1v) is 40.4. The van der Waals surface area contributed by atoms with Crippen molar-refractivity contribution < 1.29 is 80.2 Å². The first-order valence-electron chi connectivity index (χ1n) is 37.4. The Morgan fingerprint density at radius 3 is 0.830 bits per heavy atom. The molecule has 4 atom stereocenters. The van der Waals surface area contributed by atoms with Crippen molar-refractivity contribution in [1.82, 2.24) is 0 Å². The minimum absolute atomic E-state index is 0.0588. The summed E-state index contributed by atoms with van der Waals surface area (Å²) >= 11 is 0. The molecule has 0 aliphatic rings. The van der Waals surface area contributed by atoms with Crippen LogP contribution in [0.25, 0.3) is 0 Å². The summed E-state index contributed by atoms with van der Waals surface area (Å²) in [6, 6.07) is 0. The molecule has 17 nitrogen and oxygen atoms in total. The van der Waals surface area contributed by atoms with Gasteiger partial charge in [0, 0.05) is 25.7 Å². The molecule has 0 aliphatic heterocycles. The molecule has 0 aromatic rings. The Bertz CT molecular complexity index is 2400. The van der Waals surface area contributed by atoms with Gasteiger partial charge in [-0.1, -0.05) is 249 Å². The lowest BCUT2D eigenvalue weighted by atomic mass is 10.1. The van der Waals surface area contributed by atoms with Crippen LogP contribution >= 0.6 is 15.6 Å². The van der Waals surface area contributed by atoms with Crippen LogP contribution in [0, 0.1) is 0 Å². The van der Waals surface area contributed by atoms with Crippen molar-refractivity contribution in [3.8, 4) is 0 Å². The summed E-state index contributed by atoms with van der Waals surface area (Å²) in [5.41, 5.74) is 0. The average molecular weight is 1440 g/mol. The molecule has 0 aliphatic carbocycles. The molecule has 0 saturated carbocycles. The number of rotatable bonds is 68. The highest BCUT2D eigenvalue weighted by Crippen LogP contribution is 2.45. The third-order valence-corrected chi connectivity index (χ3v) is 16.5. The lowest BCUT2D eigenvalue weighted by Crippen LogP contribution is -2.30. The normalized spacial score (nSPS) is 14.9. The van der Waals surface area contributed by atoms with E-state index in [9.17, 15) is 43.2 Å². The van der Waals surface area contributed by atoms with Crippen LogP contribution in [0.4, 0.5) is 0 Å². The molecule has 0 aromatic carbocycles. The zero-order chi connectivity index (χ0) is 73.2. The largest absolute Gasteiger partial charge is 0.472 e. The summed E-state index contributed by atoms with van der Waals surface area (Å²) in [6.45, 7) is 4.31. The minimum Gasteiger partial charge on any atom is -0.462 e. The van der Waals surface area contributed by atoms with E-state index in [0.717, 1.165) is 167 Å². The van der Waals surface area contributed by atoms with Crippen molar-refractivity contribution in [3.63, 3.8) is 0 Å². The maximum Gasteiger partial charge on any atom is 0.472 e. The quantitative estimate of drug-likeness (QED) is 0.0169. The molecule has 3 N–H and O–H groups in total. The molecular formula is C81H130O17P2. The maximum atomic E-state index is 13.1. The van der Waals surface area contributed by atoms with Gasteiger partial charge in [-0.05, 0) is 154 Å². The number of carbonyl (C=O) groups is 4. The maximum absolute atomic E-state index is 13.1. The van der Waals surface area contributed by atoms with Crippen LogP contribution in [0.2, 0.25) is 0 Å². The van der Waals surface area contributed by atoms with E-state index in [1.165, 1.54) is 0 Å². The van der Waals surface area contributed by atoms with Crippen LogP contribution in [0.1, 0.15) is 259 Å². The van der Waals surface area contributed by atoms with Crippen molar-refractivity contribution in [3.05, 3.63) is 170 Å². The molecule has 0 heterocycles. The summed E-state index contributed by atoms with van der Waals surface area (Å²) in [5, 5.41) is 10.6. The highest BCUT2D eigenvalue weighted by atomic mass is 31.2. The zero-order valence-electron chi connectivity index (χ0n) is 61.5. The molecule has 0 bridgehead atoms. The molecule has 19 heteroatoms. The van der Waals surface area contributed by atoms with E-state index in [0.29, 0.717) is 38.5 Å². The molecule has 0 rings (SSSR count). The van der Waals surface area contributed by atoms with Crippen LogP contribution in [0.3, 0.4) is 0 Å². The lowest BCUT2D eigenvalue weighted by molar-refractivity contribution is -0.161. The number of allylic oxidation sites excluding steroid dienone is 28. The molecule has 0 radical (unpaired) electrons. The van der Waals surface area contributed by atoms with Crippen LogP contribution in [0.15, 0.2) is 170 Å². The van der Waals surface area contributed by atoms with Gasteiger partial charge >= 0.3 is 39.5 Å². The van der Waals surface area contributed by atoms with Gasteiger partial charge < -0.3 is 33.8 Å². The fraction of sp³-hybridized carbons (Fsp3) is 0.605. The summed E-state index contributed by atoms with van der Waals surface area (Å²) in [4.78, 5) is 72.8. The molecule has 100 heavy (non-hydrogen) atoms. The Morgan fingerprint density at radius 1 is 0.290 bits per heavy atom. The van der Waals surface area contributed by atoms with Crippen LogP contribution in [0.5, 0.6) is 0 Å². The second-order valence-electron chi connectivity index (χ2n) is 24.1. The molecule has 0 amide bonds. The Balaban J connectivity index is 5.47. The SMILES string of the molecule is CC/C=C\C/C=C\C/C=C\C/C=C\C/C=C\CCCC(=O)OCC(COP(=O)(O)OCC(O)COP(=O)(O)OCC(COC(=O)CCC/C=C\C/C=C\C/C=C\C/C=C\C/C=C\CC)OC(=O)CCCCCCC/C=C\C/C=C\CCC)OC(=O)CCCCCCC/C=C\C/C=C\CCC. The first-order chi connectivity index (χ1) is 48.7. The molecule has 4 unspecified atom stereocenters. The van der Waals surface area contributed by atoms with Gasteiger partial charge in [0.15, 0.2) is 12.2 Å². The monoisotopic (exact) mass is 1440 g/mol. The Morgan fingerprint density at radius 2 is 0.530 bits per heavy atom. The third kappa shape index (κ3) is 70.8. The number of esters is 4. The number of phosphoric ester groups is 2. The van der Waals surface area contributed by atoms with E-state index in [1.54, 1.807) is 0 Å². The van der Waals surface area contributed by atoms with Gasteiger partial charge in [-0.25, -0.2) is 9.13 Å². The summed E-state index contributed by atoms with van der Waals surface area (Å²) in [5.74, 6) is -2.36. The van der Waals surface area contributed by atoms with Gasteiger partial charge in [-0.2, -0.15) is 0 Å². The molecular weight excluding hydrogens is 1310 g/mol. The van der Waals surface area contributed by atoms with E-state index in [4.69, 9.17) is 37.0 Å². The third-order valence-electron chi connectivity index (χ3n) is 14.6. The Hall–Kier alpha value is -5.58. The van der Waals surface area contributed by atoms with Crippen molar-refractivity contribution in [2.45, 2.75) is 277 Å².